The van der Waals surface area contributed by atoms with Gasteiger partial charge in [0.25, 0.3) is 0 Å². The second-order valence-corrected chi connectivity index (χ2v) is 8.55. The first-order valence-electron chi connectivity index (χ1n) is 14.0. The van der Waals surface area contributed by atoms with Gasteiger partial charge in [-0.05, 0) is 12.3 Å². The van der Waals surface area contributed by atoms with Gasteiger partial charge in [-0.2, -0.15) is 0 Å². The van der Waals surface area contributed by atoms with E-state index in [0.717, 1.165) is 26.1 Å². The largest absolute Gasteiger partial charge is 0.379 e. The monoisotopic (exact) mass is 524 g/mol. The van der Waals surface area contributed by atoms with Crippen molar-refractivity contribution in [1.82, 2.24) is 0 Å². The Morgan fingerprint density at radius 1 is 0.361 bits per heavy atom. The minimum atomic E-state index is 0.541. The summed E-state index contributed by atoms with van der Waals surface area (Å²) in [5.41, 5.74) is 0. The van der Waals surface area contributed by atoms with Crippen molar-refractivity contribution >= 4 is 0 Å². The quantitative estimate of drug-likeness (QED) is 0.122. The molecule has 0 radical (unpaired) electrons. The summed E-state index contributed by atoms with van der Waals surface area (Å²) in [6.45, 7) is 17.3. The number of rotatable bonds is 32. The van der Waals surface area contributed by atoms with E-state index in [9.17, 15) is 0 Å². The topological polar surface area (TPSA) is 83.1 Å². The summed E-state index contributed by atoms with van der Waals surface area (Å²) in [5, 5.41) is 0. The van der Waals surface area contributed by atoms with E-state index in [0.29, 0.717) is 112 Å². The number of ether oxygens (including phenoxy) is 9. The molecule has 1 atom stereocenters. The second-order valence-electron chi connectivity index (χ2n) is 8.55. The third-order valence-corrected chi connectivity index (χ3v) is 5.22. The number of hydrogen-bond donors (Lipinski definition) is 0. The Hall–Kier alpha value is -0.360. The fourth-order valence-corrected chi connectivity index (χ4v) is 2.79. The lowest BCUT2D eigenvalue weighted by Gasteiger charge is -2.10. The lowest BCUT2D eigenvalue weighted by Crippen LogP contribution is -2.15. The van der Waals surface area contributed by atoms with Crippen LogP contribution in [0.3, 0.4) is 0 Å². The summed E-state index contributed by atoms with van der Waals surface area (Å²) < 4.78 is 49.3. The van der Waals surface area contributed by atoms with E-state index in [1.54, 1.807) is 0 Å². The molecule has 0 aliphatic heterocycles. The molecule has 0 amide bonds. The molecule has 0 fully saturated rings. The van der Waals surface area contributed by atoms with Crippen molar-refractivity contribution in [3.63, 3.8) is 0 Å². The van der Waals surface area contributed by atoms with Crippen LogP contribution >= 0.6 is 0 Å². The highest BCUT2D eigenvalue weighted by atomic mass is 16.6. The molecular weight excluding hydrogens is 468 g/mol. The average Bonchev–Trinajstić information content (AvgIpc) is 2.89. The zero-order valence-corrected chi connectivity index (χ0v) is 23.5. The first-order valence-corrected chi connectivity index (χ1v) is 14.0. The van der Waals surface area contributed by atoms with E-state index in [1.807, 2.05) is 0 Å². The van der Waals surface area contributed by atoms with Crippen LogP contribution < -0.4 is 0 Å². The van der Waals surface area contributed by atoms with Crippen LogP contribution in [0.25, 0.3) is 0 Å². The van der Waals surface area contributed by atoms with Crippen LogP contribution in [0, 0.1) is 5.92 Å². The first-order chi connectivity index (χ1) is 17.8. The molecule has 0 aromatic carbocycles. The SMILES string of the molecule is CCCCCCOCCOCCOCCOCCOCCOCCOCCOCCOCC(C)CC. The number of hydrogen-bond acceptors (Lipinski definition) is 9. The molecule has 0 aliphatic carbocycles. The molecule has 0 saturated heterocycles. The predicted molar refractivity (Wildman–Crippen MR) is 141 cm³/mol. The van der Waals surface area contributed by atoms with E-state index in [2.05, 4.69) is 20.8 Å². The summed E-state index contributed by atoms with van der Waals surface area (Å²) in [4.78, 5) is 0. The van der Waals surface area contributed by atoms with Crippen LogP contribution in [0.4, 0.5) is 0 Å². The van der Waals surface area contributed by atoms with Gasteiger partial charge < -0.3 is 42.6 Å². The van der Waals surface area contributed by atoms with Crippen LogP contribution in [-0.4, -0.2) is 119 Å². The second kappa shape index (κ2) is 32.7. The Bertz CT molecular complexity index is 388. The smallest absolute Gasteiger partial charge is 0.0701 e. The molecule has 0 aliphatic rings. The molecule has 1 unspecified atom stereocenters. The molecule has 0 aromatic rings. The molecule has 0 heterocycles. The lowest BCUT2D eigenvalue weighted by molar-refractivity contribution is -0.0255. The fraction of sp³-hybridized carbons (Fsp3) is 1.00. The van der Waals surface area contributed by atoms with Gasteiger partial charge in [0.2, 0.25) is 0 Å². The summed E-state index contributed by atoms with van der Waals surface area (Å²) in [5.74, 6) is 0.606. The maximum atomic E-state index is 5.53. The zero-order valence-electron chi connectivity index (χ0n) is 23.5. The Morgan fingerprint density at radius 3 is 0.972 bits per heavy atom. The van der Waals surface area contributed by atoms with Gasteiger partial charge in [-0.3, -0.25) is 0 Å². The molecule has 9 nitrogen and oxygen atoms in total. The first kappa shape index (κ1) is 35.6. The molecule has 0 bridgehead atoms. The van der Waals surface area contributed by atoms with Crippen molar-refractivity contribution in [2.75, 3.05) is 119 Å². The highest BCUT2D eigenvalue weighted by molar-refractivity contribution is 4.46. The highest BCUT2D eigenvalue weighted by Crippen LogP contribution is 2.00. The summed E-state index contributed by atoms with van der Waals surface area (Å²) in [7, 11) is 0. The van der Waals surface area contributed by atoms with E-state index in [4.69, 9.17) is 42.6 Å². The Labute approximate surface area is 220 Å². The third kappa shape index (κ3) is 31.7. The Balaban J connectivity index is 3.02. The van der Waals surface area contributed by atoms with Crippen LogP contribution in [0.1, 0.15) is 52.9 Å². The summed E-state index contributed by atoms with van der Waals surface area (Å²) >= 11 is 0. The molecule has 0 aromatic heterocycles. The molecule has 0 rings (SSSR count). The van der Waals surface area contributed by atoms with Gasteiger partial charge >= 0.3 is 0 Å². The van der Waals surface area contributed by atoms with Crippen LogP contribution in [0.15, 0.2) is 0 Å². The van der Waals surface area contributed by atoms with Gasteiger partial charge in [-0.1, -0.05) is 46.5 Å². The van der Waals surface area contributed by atoms with Gasteiger partial charge in [0.05, 0.1) is 106 Å². The van der Waals surface area contributed by atoms with Gasteiger partial charge in [-0.25, -0.2) is 0 Å². The average molecular weight is 525 g/mol. The predicted octanol–water partition coefficient (Wildman–Crippen LogP) is 3.76. The van der Waals surface area contributed by atoms with E-state index < -0.39 is 0 Å². The van der Waals surface area contributed by atoms with Crippen molar-refractivity contribution in [2.45, 2.75) is 52.9 Å². The van der Waals surface area contributed by atoms with Crippen LogP contribution in [0.2, 0.25) is 0 Å². The van der Waals surface area contributed by atoms with Crippen molar-refractivity contribution in [3.05, 3.63) is 0 Å². The van der Waals surface area contributed by atoms with Gasteiger partial charge in [0, 0.05) is 13.2 Å². The normalized spacial score (nSPS) is 12.4. The van der Waals surface area contributed by atoms with Crippen molar-refractivity contribution in [2.24, 2.45) is 5.92 Å². The molecule has 0 saturated carbocycles. The van der Waals surface area contributed by atoms with Crippen molar-refractivity contribution < 1.29 is 42.6 Å². The summed E-state index contributed by atoms with van der Waals surface area (Å²) in [6.07, 6.45) is 6.06. The number of unbranched alkanes of at least 4 members (excludes halogenated alkanes) is 3. The standard InChI is InChI=1S/C27H56O9/c1-4-6-7-8-9-28-10-11-29-12-13-30-14-15-31-16-17-32-18-19-33-20-21-34-22-23-35-24-25-36-26-27(3)5-2/h27H,4-26H2,1-3H3. The minimum absolute atomic E-state index is 0.541. The zero-order chi connectivity index (χ0) is 26.2. The van der Waals surface area contributed by atoms with Gasteiger partial charge in [0.15, 0.2) is 0 Å². The Kier molecular flexibility index (Phi) is 32.3. The fourth-order valence-electron chi connectivity index (χ4n) is 2.79. The lowest BCUT2D eigenvalue weighted by atomic mass is 10.1. The molecule has 9 heteroatoms. The van der Waals surface area contributed by atoms with Gasteiger partial charge in [0.1, 0.15) is 0 Å². The molecule has 36 heavy (non-hydrogen) atoms. The van der Waals surface area contributed by atoms with Crippen LogP contribution in [-0.2, 0) is 42.6 Å². The van der Waals surface area contributed by atoms with Crippen molar-refractivity contribution in [3.8, 4) is 0 Å². The van der Waals surface area contributed by atoms with E-state index >= 15 is 0 Å². The maximum Gasteiger partial charge on any atom is 0.0701 e. The van der Waals surface area contributed by atoms with Gasteiger partial charge in [-0.15, -0.1) is 0 Å². The molecule has 218 valence electrons. The van der Waals surface area contributed by atoms with E-state index in [1.165, 1.54) is 19.3 Å². The minimum Gasteiger partial charge on any atom is -0.379 e. The molecular formula is C27H56O9. The van der Waals surface area contributed by atoms with E-state index in [-0.39, 0.29) is 0 Å². The van der Waals surface area contributed by atoms with Crippen LogP contribution in [0.5, 0.6) is 0 Å². The Morgan fingerprint density at radius 2 is 0.667 bits per heavy atom. The van der Waals surface area contributed by atoms with Crippen molar-refractivity contribution in [1.29, 1.82) is 0 Å². The molecule has 0 N–H and O–H groups in total. The third-order valence-electron chi connectivity index (χ3n) is 5.22. The maximum absolute atomic E-state index is 5.53. The highest BCUT2D eigenvalue weighted by Gasteiger charge is 1.98. The summed E-state index contributed by atoms with van der Waals surface area (Å²) in [6, 6.07) is 0. The molecule has 0 spiro atoms.